The van der Waals surface area contributed by atoms with E-state index in [9.17, 15) is 13.6 Å². The van der Waals surface area contributed by atoms with Gasteiger partial charge in [0.05, 0.1) is 0 Å². The van der Waals surface area contributed by atoms with Crippen LogP contribution in [0, 0.1) is 11.6 Å². The monoisotopic (exact) mass is 312 g/mol. The summed E-state index contributed by atoms with van der Waals surface area (Å²) >= 11 is 1.14. The fourth-order valence-corrected chi connectivity index (χ4v) is 2.90. The predicted molar refractivity (Wildman–Crippen MR) is 76.0 cm³/mol. The Balaban J connectivity index is 2.18. The third kappa shape index (κ3) is 3.78. The molecule has 2 rings (SSSR count). The molecule has 0 atom stereocenters. The van der Waals surface area contributed by atoms with Crippen LogP contribution in [0.1, 0.15) is 33.5 Å². The summed E-state index contributed by atoms with van der Waals surface area (Å²) in [7, 11) is 0. The minimum atomic E-state index is -1.09. The van der Waals surface area contributed by atoms with Crippen molar-refractivity contribution in [3.05, 3.63) is 51.2 Å². The normalized spacial score (nSPS) is 10.6. The van der Waals surface area contributed by atoms with Crippen LogP contribution >= 0.6 is 11.3 Å². The second-order valence-electron chi connectivity index (χ2n) is 4.49. The molecule has 1 aromatic heterocycles. The topological polar surface area (TPSA) is 46.5 Å². The lowest BCUT2D eigenvalue weighted by molar-refractivity contribution is 0.0697. The number of rotatable bonds is 6. The van der Waals surface area contributed by atoms with E-state index in [4.69, 9.17) is 9.84 Å². The first-order chi connectivity index (χ1) is 10.0. The van der Waals surface area contributed by atoms with Crippen molar-refractivity contribution < 1.29 is 23.4 Å². The minimum Gasteiger partial charge on any atom is -0.487 e. The summed E-state index contributed by atoms with van der Waals surface area (Å²) in [5.41, 5.74) is 0.0505. The van der Waals surface area contributed by atoms with Crippen molar-refractivity contribution in [2.45, 2.75) is 26.4 Å². The molecule has 112 valence electrons. The van der Waals surface area contributed by atoms with Gasteiger partial charge >= 0.3 is 5.97 Å². The van der Waals surface area contributed by atoms with Crippen molar-refractivity contribution in [1.82, 2.24) is 0 Å². The molecule has 0 saturated carbocycles. The number of hydrogen-bond donors (Lipinski definition) is 1. The third-order valence-electron chi connectivity index (χ3n) is 2.83. The smallest absolute Gasteiger partial charge is 0.349 e. The van der Waals surface area contributed by atoms with Gasteiger partial charge in [0.1, 0.15) is 24.0 Å². The van der Waals surface area contributed by atoms with Gasteiger partial charge in [0.25, 0.3) is 0 Å². The van der Waals surface area contributed by atoms with Crippen LogP contribution < -0.4 is 4.74 Å². The fraction of sp³-hybridized carbons (Fsp3) is 0.267. The first-order valence-corrected chi connectivity index (χ1v) is 7.25. The van der Waals surface area contributed by atoms with Crippen LogP contribution in [0.2, 0.25) is 0 Å². The maximum absolute atomic E-state index is 13.5. The molecule has 0 spiro atoms. The fourth-order valence-electron chi connectivity index (χ4n) is 1.86. The molecule has 3 nitrogen and oxygen atoms in total. The summed E-state index contributed by atoms with van der Waals surface area (Å²) in [5.74, 6) is -2.04. The molecule has 1 heterocycles. The van der Waals surface area contributed by atoms with E-state index in [1.165, 1.54) is 0 Å². The summed E-state index contributed by atoms with van der Waals surface area (Å²) < 4.78 is 31.9. The molecule has 0 bridgehead atoms. The van der Waals surface area contributed by atoms with Crippen molar-refractivity contribution in [3.63, 3.8) is 0 Å². The van der Waals surface area contributed by atoms with Gasteiger partial charge in [0.2, 0.25) is 0 Å². The number of carboxylic acids is 1. The van der Waals surface area contributed by atoms with E-state index in [1.807, 2.05) is 6.92 Å². The number of halogens is 2. The Bertz CT molecular complexity index is 652. The number of aromatic carboxylic acids is 1. The Kier molecular flexibility index (Phi) is 4.90. The number of carbonyl (C=O) groups is 1. The summed E-state index contributed by atoms with van der Waals surface area (Å²) in [4.78, 5) is 12.1. The lowest BCUT2D eigenvalue weighted by Crippen LogP contribution is -2.02. The van der Waals surface area contributed by atoms with Gasteiger partial charge in [-0.25, -0.2) is 13.6 Å². The Morgan fingerprint density at radius 1 is 1.33 bits per heavy atom. The van der Waals surface area contributed by atoms with Crippen LogP contribution in [-0.2, 0) is 13.0 Å². The zero-order valence-corrected chi connectivity index (χ0v) is 12.2. The summed E-state index contributed by atoms with van der Waals surface area (Å²) in [6, 6.07) is 4.72. The van der Waals surface area contributed by atoms with Gasteiger partial charge in [-0.1, -0.05) is 13.3 Å². The zero-order valence-electron chi connectivity index (χ0n) is 11.4. The van der Waals surface area contributed by atoms with Crippen molar-refractivity contribution >= 4 is 17.3 Å². The average Bonchev–Trinajstić information content (AvgIpc) is 2.83. The lowest BCUT2D eigenvalue weighted by Gasteiger charge is -2.06. The van der Waals surface area contributed by atoms with Gasteiger partial charge in [-0.2, -0.15) is 0 Å². The number of thiophene rings is 1. The summed E-state index contributed by atoms with van der Waals surface area (Å²) in [5, 5.41) is 9.14. The maximum Gasteiger partial charge on any atom is 0.349 e. The average molecular weight is 312 g/mol. The largest absolute Gasteiger partial charge is 0.487 e. The Morgan fingerprint density at radius 2 is 2.10 bits per heavy atom. The summed E-state index contributed by atoms with van der Waals surface area (Å²) in [6.45, 7) is 1.77. The van der Waals surface area contributed by atoms with Gasteiger partial charge in [-0.15, -0.1) is 11.3 Å². The van der Waals surface area contributed by atoms with Crippen molar-refractivity contribution in [2.24, 2.45) is 0 Å². The molecule has 0 aliphatic rings. The zero-order chi connectivity index (χ0) is 15.4. The number of hydrogen-bond acceptors (Lipinski definition) is 3. The Morgan fingerprint density at radius 3 is 2.76 bits per heavy atom. The SMILES string of the molecule is CCCc1cc(OCc2cc(F)ccc2F)c(C(=O)O)s1. The van der Waals surface area contributed by atoms with E-state index < -0.39 is 17.6 Å². The van der Waals surface area contributed by atoms with Crippen LogP contribution in [0.3, 0.4) is 0 Å². The standard InChI is InChI=1S/C15H14F2O3S/c1-2-3-11-7-13(14(21-11)15(18)19)20-8-9-6-10(16)4-5-12(9)17/h4-7H,2-3,8H2,1H3,(H,18,19). The molecule has 2 aromatic rings. The summed E-state index contributed by atoms with van der Waals surface area (Å²) in [6.07, 6.45) is 1.64. The highest BCUT2D eigenvalue weighted by atomic mass is 32.1. The lowest BCUT2D eigenvalue weighted by atomic mass is 10.2. The molecular weight excluding hydrogens is 298 g/mol. The molecular formula is C15H14F2O3S. The highest BCUT2D eigenvalue weighted by molar-refractivity contribution is 7.14. The number of carboxylic acid groups (broad SMARTS) is 1. The number of aryl methyl sites for hydroxylation is 1. The molecule has 0 fully saturated rings. The van der Waals surface area contributed by atoms with Crippen molar-refractivity contribution in [1.29, 1.82) is 0 Å². The van der Waals surface area contributed by atoms with Crippen LogP contribution in [0.4, 0.5) is 8.78 Å². The van der Waals surface area contributed by atoms with Crippen molar-refractivity contribution in [3.8, 4) is 5.75 Å². The van der Waals surface area contributed by atoms with Gasteiger partial charge in [-0.05, 0) is 30.7 Å². The highest BCUT2D eigenvalue weighted by Crippen LogP contribution is 2.31. The minimum absolute atomic E-state index is 0.0505. The van der Waals surface area contributed by atoms with Gasteiger partial charge in [-0.3, -0.25) is 0 Å². The first-order valence-electron chi connectivity index (χ1n) is 6.44. The van der Waals surface area contributed by atoms with Gasteiger partial charge in [0, 0.05) is 10.4 Å². The quantitative estimate of drug-likeness (QED) is 0.867. The molecule has 1 aromatic carbocycles. The highest BCUT2D eigenvalue weighted by Gasteiger charge is 2.17. The van der Waals surface area contributed by atoms with E-state index in [0.717, 1.165) is 47.3 Å². The van der Waals surface area contributed by atoms with E-state index in [1.54, 1.807) is 6.07 Å². The third-order valence-corrected chi connectivity index (χ3v) is 3.99. The van der Waals surface area contributed by atoms with Crippen LogP contribution in [0.15, 0.2) is 24.3 Å². The first kappa shape index (κ1) is 15.4. The predicted octanol–water partition coefficient (Wildman–Crippen LogP) is 4.26. The molecule has 0 radical (unpaired) electrons. The van der Waals surface area contributed by atoms with Crippen LogP contribution in [-0.4, -0.2) is 11.1 Å². The molecule has 0 unspecified atom stereocenters. The molecule has 1 N–H and O–H groups in total. The van der Waals surface area contributed by atoms with Gasteiger partial charge < -0.3 is 9.84 Å². The molecule has 0 aliphatic heterocycles. The molecule has 0 aliphatic carbocycles. The van der Waals surface area contributed by atoms with Crippen molar-refractivity contribution in [2.75, 3.05) is 0 Å². The van der Waals surface area contributed by atoms with Crippen LogP contribution in [0.5, 0.6) is 5.75 Å². The Hall–Kier alpha value is -1.95. The second kappa shape index (κ2) is 6.67. The number of ether oxygens (including phenoxy) is 1. The maximum atomic E-state index is 13.5. The molecule has 0 amide bonds. The van der Waals surface area contributed by atoms with E-state index in [2.05, 4.69) is 0 Å². The van der Waals surface area contributed by atoms with E-state index in [0.29, 0.717) is 0 Å². The molecule has 0 saturated heterocycles. The van der Waals surface area contributed by atoms with E-state index in [-0.39, 0.29) is 22.8 Å². The van der Waals surface area contributed by atoms with Crippen LogP contribution in [0.25, 0.3) is 0 Å². The Labute approximate surface area is 124 Å². The molecule has 21 heavy (non-hydrogen) atoms. The number of benzene rings is 1. The second-order valence-corrected chi connectivity index (χ2v) is 5.62. The molecule has 6 heteroatoms. The van der Waals surface area contributed by atoms with Gasteiger partial charge in [0.15, 0.2) is 4.88 Å². The van der Waals surface area contributed by atoms with E-state index >= 15 is 0 Å².